The van der Waals surface area contributed by atoms with Crippen LogP contribution in [-0.2, 0) is 0 Å². The van der Waals surface area contributed by atoms with Gasteiger partial charge in [-0.05, 0) is 33.3 Å². The van der Waals surface area contributed by atoms with Gasteiger partial charge in [0.25, 0.3) is 0 Å². The second-order valence-corrected chi connectivity index (χ2v) is 3.86. The Balaban J connectivity index is 2.95. The summed E-state index contributed by atoms with van der Waals surface area (Å²) in [7, 11) is 0. The van der Waals surface area contributed by atoms with Crippen molar-refractivity contribution in [1.82, 2.24) is 10.2 Å². The molecule has 1 rings (SSSR count). The highest BCUT2D eigenvalue weighted by molar-refractivity contribution is 5.22. The molecule has 0 radical (unpaired) electrons. The molecule has 0 aromatic heterocycles. The van der Waals surface area contributed by atoms with E-state index in [1.807, 2.05) is 0 Å². The Labute approximate surface area is 87.0 Å². The molecule has 1 heterocycles. The first-order valence-corrected chi connectivity index (χ1v) is 5.04. The van der Waals surface area contributed by atoms with Crippen LogP contribution in [0.1, 0.15) is 27.7 Å². The molecule has 0 atom stereocenters. The molecule has 14 heavy (non-hydrogen) atoms. The molecule has 0 saturated carbocycles. The lowest BCUT2D eigenvalue weighted by Crippen LogP contribution is -2.25. The maximum Gasteiger partial charge on any atom is 0.0547 e. The predicted molar refractivity (Wildman–Crippen MR) is 61.7 cm³/mol. The molecule has 0 aromatic rings. The van der Waals surface area contributed by atoms with Gasteiger partial charge < -0.3 is 10.2 Å². The van der Waals surface area contributed by atoms with Crippen molar-refractivity contribution in [3.05, 3.63) is 35.3 Å². The van der Waals surface area contributed by atoms with Crippen LogP contribution in [0.3, 0.4) is 0 Å². The summed E-state index contributed by atoms with van der Waals surface area (Å²) < 4.78 is 0. The van der Waals surface area contributed by atoms with Crippen molar-refractivity contribution >= 4 is 0 Å². The standard InChI is InChI=1S/C12H20N2/c1-6-12-7-13-11(5)10(4)8-14(12)9(2)3/h6,13H,2,7-8H2,1,3-5H3/b12-6-. The minimum atomic E-state index is 0.895. The predicted octanol–water partition coefficient (Wildman–Crippen LogP) is 2.62. The van der Waals surface area contributed by atoms with E-state index in [4.69, 9.17) is 0 Å². The molecule has 0 amide bonds. The first kappa shape index (κ1) is 10.9. The average Bonchev–Trinajstić information content (AvgIpc) is 2.28. The molecule has 0 unspecified atom stereocenters. The van der Waals surface area contributed by atoms with Gasteiger partial charge in [0.15, 0.2) is 0 Å². The fourth-order valence-electron chi connectivity index (χ4n) is 1.56. The van der Waals surface area contributed by atoms with Gasteiger partial charge >= 0.3 is 0 Å². The maximum absolute atomic E-state index is 4.01. The number of hydrogen-bond donors (Lipinski definition) is 1. The second kappa shape index (κ2) is 4.36. The minimum absolute atomic E-state index is 0.895. The zero-order chi connectivity index (χ0) is 10.7. The van der Waals surface area contributed by atoms with Crippen LogP contribution in [0.4, 0.5) is 0 Å². The van der Waals surface area contributed by atoms with E-state index in [9.17, 15) is 0 Å². The van der Waals surface area contributed by atoms with E-state index in [-0.39, 0.29) is 0 Å². The van der Waals surface area contributed by atoms with Gasteiger partial charge in [-0.15, -0.1) is 0 Å². The third kappa shape index (κ3) is 2.19. The van der Waals surface area contributed by atoms with Crippen LogP contribution in [0.5, 0.6) is 0 Å². The highest BCUT2D eigenvalue weighted by atomic mass is 15.2. The van der Waals surface area contributed by atoms with Crippen LogP contribution in [0.2, 0.25) is 0 Å². The normalized spacial score (nSPS) is 20.9. The molecule has 0 aliphatic carbocycles. The molecule has 2 nitrogen and oxygen atoms in total. The molecule has 0 fully saturated rings. The van der Waals surface area contributed by atoms with Crippen LogP contribution >= 0.6 is 0 Å². The van der Waals surface area contributed by atoms with E-state index in [1.54, 1.807) is 0 Å². The Bertz CT molecular complexity index is 297. The fourth-order valence-corrected chi connectivity index (χ4v) is 1.56. The molecular weight excluding hydrogens is 172 g/mol. The van der Waals surface area contributed by atoms with Gasteiger partial charge in [0.1, 0.15) is 0 Å². The molecule has 0 aromatic carbocycles. The van der Waals surface area contributed by atoms with Crippen LogP contribution in [0.15, 0.2) is 35.3 Å². The van der Waals surface area contributed by atoms with E-state index in [0.717, 1.165) is 18.8 Å². The fraction of sp³-hybridized carbons (Fsp3) is 0.500. The van der Waals surface area contributed by atoms with Crippen LogP contribution < -0.4 is 5.32 Å². The van der Waals surface area contributed by atoms with Gasteiger partial charge in [-0.3, -0.25) is 0 Å². The minimum Gasteiger partial charge on any atom is -0.383 e. The molecule has 0 saturated heterocycles. The Morgan fingerprint density at radius 3 is 2.64 bits per heavy atom. The highest BCUT2D eigenvalue weighted by Crippen LogP contribution is 2.18. The van der Waals surface area contributed by atoms with E-state index in [1.165, 1.54) is 17.0 Å². The van der Waals surface area contributed by atoms with E-state index in [2.05, 4.69) is 50.6 Å². The van der Waals surface area contributed by atoms with Gasteiger partial charge in [-0.1, -0.05) is 12.7 Å². The summed E-state index contributed by atoms with van der Waals surface area (Å²) in [6.07, 6.45) is 2.15. The number of nitrogens with one attached hydrogen (secondary N) is 1. The van der Waals surface area contributed by atoms with Crippen molar-refractivity contribution in [3.8, 4) is 0 Å². The molecule has 1 aliphatic heterocycles. The summed E-state index contributed by atoms with van der Waals surface area (Å²) in [5.74, 6) is 0. The van der Waals surface area contributed by atoms with E-state index in [0.29, 0.717) is 0 Å². The molecule has 1 aliphatic rings. The van der Waals surface area contributed by atoms with Gasteiger partial charge in [0, 0.05) is 23.6 Å². The first-order valence-electron chi connectivity index (χ1n) is 5.04. The summed E-state index contributed by atoms with van der Waals surface area (Å²) in [6, 6.07) is 0. The summed E-state index contributed by atoms with van der Waals surface area (Å²) in [5, 5.41) is 3.41. The van der Waals surface area contributed by atoms with Gasteiger partial charge in [-0.2, -0.15) is 0 Å². The largest absolute Gasteiger partial charge is 0.383 e. The Morgan fingerprint density at radius 1 is 1.50 bits per heavy atom. The maximum atomic E-state index is 4.01. The monoisotopic (exact) mass is 192 g/mol. The van der Waals surface area contributed by atoms with Crippen molar-refractivity contribution in [2.75, 3.05) is 13.1 Å². The van der Waals surface area contributed by atoms with Crippen LogP contribution in [0.25, 0.3) is 0 Å². The summed E-state index contributed by atoms with van der Waals surface area (Å²) >= 11 is 0. The smallest absolute Gasteiger partial charge is 0.0547 e. The third-order valence-electron chi connectivity index (χ3n) is 2.71. The van der Waals surface area contributed by atoms with Gasteiger partial charge in [0.2, 0.25) is 0 Å². The van der Waals surface area contributed by atoms with Crippen LogP contribution in [0, 0.1) is 0 Å². The lowest BCUT2D eigenvalue weighted by Gasteiger charge is -2.25. The summed E-state index contributed by atoms with van der Waals surface area (Å²) in [6.45, 7) is 14.3. The Hall–Kier alpha value is -1.18. The summed E-state index contributed by atoms with van der Waals surface area (Å²) in [4.78, 5) is 2.26. The quantitative estimate of drug-likeness (QED) is 0.687. The van der Waals surface area contributed by atoms with Gasteiger partial charge in [-0.25, -0.2) is 0 Å². The third-order valence-corrected chi connectivity index (χ3v) is 2.71. The number of nitrogens with zero attached hydrogens (tertiary/aromatic N) is 1. The van der Waals surface area contributed by atoms with Crippen LogP contribution in [-0.4, -0.2) is 18.0 Å². The van der Waals surface area contributed by atoms with Crippen molar-refractivity contribution in [1.29, 1.82) is 0 Å². The number of hydrogen-bond acceptors (Lipinski definition) is 2. The van der Waals surface area contributed by atoms with Gasteiger partial charge in [0.05, 0.1) is 6.54 Å². The first-order chi connectivity index (χ1) is 6.56. The van der Waals surface area contributed by atoms with Crippen molar-refractivity contribution in [2.45, 2.75) is 27.7 Å². The van der Waals surface area contributed by atoms with Crippen molar-refractivity contribution < 1.29 is 0 Å². The summed E-state index contributed by atoms with van der Waals surface area (Å²) in [5.41, 5.74) is 5.07. The number of allylic oxidation sites excluding steroid dienone is 3. The molecular formula is C12H20N2. The second-order valence-electron chi connectivity index (χ2n) is 3.86. The van der Waals surface area contributed by atoms with E-state index >= 15 is 0 Å². The zero-order valence-electron chi connectivity index (χ0n) is 9.65. The molecule has 78 valence electrons. The molecule has 0 spiro atoms. The Kier molecular flexibility index (Phi) is 3.39. The SMILES string of the molecule is C=C(C)N1CC(C)=C(C)NC/C1=C/C. The lowest BCUT2D eigenvalue weighted by atomic mass is 10.2. The lowest BCUT2D eigenvalue weighted by molar-refractivity contribution is 0.459. The van der Waals surface area contributed by atoms with Crippen molar-refractivity contribution in [3.63, 3.8) is 0 Å². The molecule has 0 bridgehead atoms. The molecule has 2 heteroatoms. The Morgan fingerprint density at radius 2 is 2.14 bits per heavy atom. The highest BCUT2D eigenvalue weighted by Gasteiger charge is 2.14. The average molecular weight is 192 g/mol. The van der Waals surface area contributed by atoms with E-state index < -0.39 is 0 Å². The topological polar surface area (TPSA) is 15.3 Å². The number of rotatable bonds is 1. The zero-order valence-corrected chi connectivity index (χ0v) is 9.65. The van der Waals surface area contributed by atoms with Crippen molar-refractivity contribution in [2.24, 2.45) is 0 Å². The molecule has 1 N–H and O–H groups in total.